The van der Waals surface area contributed by atoms with Gasteiger partial charge in [-0.15, -0.1) is 0 Å². The first-order chi connectivity index (χ1) is 8.82. The maximum Gasteiger partial charge on any atom is 0.402 e. The Balaban J connectivity index is 2.40. The minimum Gasteiger partial charge on any atom is -0.743 e. The van der Waals surface area contributed by atoms with E-state index >= 15 is 0 Å². The molecule has 2 bridgehead atoms. The van der Waals surface area contributed by atoms with Crippen LogP contribution in [0.25, 0.3) is 0 Å². The molecule has 3 nitrogen and oxygen atoms in total. The molecule has 0 heterocycles. The zero-order valence-electron chi connectivity index (χ0n) is 9.70. The number of hydrogen-bond acceptors (Lipinski definition) is 3. The topological polar surface area (TPSA) is 57.2 Å². The fourth-order valence-corrected chi connectivity index (χ4v) is 3.23. The van der Waals surface area contributed by atoms with E-state index in [4.69, 9.17) is 0 Å². The molecule has 1 fully saturated rings. The van der Waals surface area contributed by atoms with E-state index in [1.54, 1.807) is 0 Å². The Kier molecular flexibility index (Phi) is 3.22. The normalized spacial score (nSPS) is 31.1. The molecule has 20 heavy (non-hydrogen) atoms. The van der Waals surface area contributed by atoms with Crippen LogP contribution < -0.4 is 0 Å². The van der Waals surface area contributed by atoms with Crippen LogP contribution in [0.3, 0.4) is 0 Å². The Morgan fingerprint density at radius 3 is 1.90 bits per heavy atom. The van der Waals surface area contributed by atoms with Crippen molar-refractivity contribution in [3.05, 3.63) is 12.2 Å². The molecule has 3 unspecified atom stereocenters. The highest BCUT2D eigenvalue weighted by atomic mass is 32.2. The third-order valence-electron chi connectivity index (χ3n) is 3.84. The van der Waals surface area contributed by atoms with Gasteiger partial charge in [-0.1, -0.05) is 12.2 Å². The second-order valence-corrected chi connectivity index (χ2v) is 6.48. The van der Waals surface area contributed by atoms with Gasteiger partial charge in [0.15, 0.2) is 10.1 Å². The first kappa shape index (κ1) is 15.6. The lowest BCUT2D eigenvalue weighted by Gasteiger charge is -2.38. The Morgan fingerprint density at radius 1 is 1.00 bits per heavy atom. The Bertz CT molecular complexity index is 541. The predicted octanol–water partition coefficient (Wildman–Crippen LogP) is 2.61. The lowest BCUT2D eigenvalue weighted by molar-refractivity contribution is -0.301. The van der Waals surface area contributed by atoms with Gasteiger partial charge in [0.1, 0.15) is 0 Å². The highest BCUT2D eigenvalue weighted by Crippen LogP contribution is 2.58. The minimum absolute atomic E-state index is 0.131. The highest BCUT2D eigenvalue weighted by Gasteiger charge is 2.77. The van der Waals surface area contributed by atoms with Crippen molar-refractivity contribution in [3.8, 4) is 0 Å². The maximum atomic E-state index is 13.7. The van der Waals surface area contributed by atoms with Crippen LogP contribution in [0.5, 0.6) is 0 Å². The van der Waals surface area contributed by atoms with Gasteiger partial charge in [-0.2, -0.15) is 26.3 Å². The largest absolute Gasteiger partial charge is 0.743 e. The molecule has 0 aromatic carbocycles. The summed E-state index contributed by atoms with van der Waals surface area (Å²) < 4.78 is 111. The fraction of sp³-hybridized carbons (Fsp3) is 0.800. The van der Waals surface area contributed by atoms with Gasteiger partial charge in [0.2, 0.25) is 0 Å². The number of alkyl halides is 6. The molecule has 0 amide bonds. The third kappa shape index (κ3) is 1.87. The zero-order valence-corrected chi connectivity index (χ0v) is 10.5. The first-order valence-corrected chi connectivity index (χ1v) is 7.00. The summed E-state index contributed by atoms with van der Waals surface area (Å²) in [5.41, 5.74) is 0. The van der Waals surface area contributed by atoms with Gasteiger partial charge in [-0.25, -0.2) is 8.42 Å². The molecule has 0 aromatic rings. The Morgan fingerprint density at radius 2 is 1.55 bits per heavy atom. The van der Waals surface area contributed by atoms with Gasteiger partial charge < -0.3 is 4.55 Å². The van der Waals surface area contributed by atoms with Crippen LogP contribution in [0.2, 0.25) is 0 Å². The van der Waals surface area contributed by atoms with Crippen LogP contribution >= 0.6 is 0 Å². The summed E-state index contributed by atoms with van der Waals surface area (Å²) in [4.78, 5) is 0. The number of fused-ring (bicyclic) bond motifs is 2. The molecule has 0 aliphatic heterocycles. The molecule has 2 aliphatic carbocycles. The standard InChI is InChI=1S/C10H10F6O3S/c11-8(12,7-4-5-1-2-6(7)3-5)9(13,14)10(15,16)20(17,18)19/h1-2,5-7H,3-4H2,(H,17,18,19)/p-1. The number of allylic oxidation sites excluding steroid dienone is 2. The van der Waals surface area contributed by atoms with E-state index < -0.39 is 51.4 Å². The summed E-state index contributed by atoms with van der Waals surface area (Å²) in [6.45, 7) is 0. The van der Waals surface area contributed by atoms with E-state index in [9.17, 15) is 39.3 Å². The molecular weight excluding hydrogens is 314 g/mol. The van der Waals surface area contributed by atoms with Crippen molar-refractivity contribution in [2.75, 3.05) is 0 Å². The Labute approximate surface area is 110 Å². The van der Waals surface area contributed by atoms with E-state index in [1.807, 2.05) is 0 Å². The average molecular weight is 323 g/mol. The van der Waals surface area contributed by atoms with Gasteiger partial charge in [0.05, 0.1) is 0 Å². The molecule has 0 aromatic heterocycles. The number of hydrogen-bond donors (Lipinski definition) is 0. The molecule has 2 rings (SSSR count). The van der Waals surface area contributed by atoms with Gasteiger partial charge in [0.25, 0.3) is 0 Å². The maximum absolute atomic E-state index is 13.7. The van der Waals surface area contributed by atoms with E-state index in [1.165, 1.54) is 12.2 Å². The van der Waals surface area contributed by atoms with Crippen LogP contribution in [0.15, 0.2) is 12.2 Å². The molecular formula is C10H9F6O3S-. The second-order valence-electron chi connectivity index (χ2n) is 5.05. The summed E-state index contributed by atoms with van der Waals surface area (Å²) in [7, 11) is -6.92. The molecule has 1 saturated carbocycles. The van der Waals surface area contributed by atoms with E-state index in [-0.39, 0.29) is 6.42 Å². The van der Waals surface area contributed by atoms with Crippen molar-refractivity contribution in [1.82, 2.24) is 0 Å². The summed E-state index contributed by atoms with van der Waals surface area (Å²) in [5, 5.41) is -6.37. The zero-order chi connectivity index (χ0) is 15.6. The van der Waals surface area contributed by atoms with Crippen LogP contribution in [-0.2, 0) is 10.1 Å². The SMILES string of the molecule is O=S(=O)([O-])C(F)(F)C(F)(F)C(F)(F)C1CC2C=CC1C2. The van der Waals surface area contributed by atoms with Gasteiger partial charge in [-0.05, 0) is 24.7 Å². The second kappa shape index (κ2) is 4.12. The third-order valence-corrected chi connectivity index (χ3v) is 4.73. The summed E-state index contributed by atoms with van der Waals surface area (Å²) in [5.74, 6) is -15.1. The van der Waals surface area contributed by atoms with Gasteiger partial charge >= 0.3 is 17.1 Å². The monoisotopic (exact) mass is 323 g/mol. The summed E-state index contributed by atoms with van der Waals surface area (Å²) in [6.07, 6.45) is 2.44. The quantitative estimate of drug-likeness (QED) is 0.454. The van der Waals surface area contributed by atoms with Crippen molar-refractivity contribution in [2.24, 2.45) is 17.8 Å². The molecule has 10 heteroatoms. The predicted molar refractivity (Wildman–Crippen MR) is 53.4 cm³/mol. The molecule has 3 atom stereocenters. The molecule has 0 spiro atoms. The first-order valence-electron chi connectivity index (χ1n) is 5.59. The molecule has 0 saturated heterocycles. The molecule has 0 N–H and O–H groups in total. The number of rotatable bonds is 4. The van der Waals surface area contributed by atoms with E-state index in [0.717, 1.165) is 0 Å². The van der Waals surface area contributed by atoms with Crippen molar-refractivity contribution in [3.63, 3.8) is 0 Å². The van der Waals surface area contributed by atoms with Crippen molar-refractivity contribution in [2.45, 2.75) is 29.9 Å². The average Bonchev–Trinajstić information content (AvgIpc) is 2.88. The van der Waals surface area contributed by atoms with E-state index in [2.05, 4.69) is 0 Å². The van der Waals surface area contributed by atoms with Crippen molar-refractivity contribution < 1.29 is 39.3 Å². The molecule has 0 radical (unpaired) electrons. The van der Waals surface area contributed by atoms with Crippen LogP contribution in [-0.4, -0.2) is 30.1 Å². The number of halogens is 6. The molecule has 116 valence electrons. The molecule has 2 aliphatic rings. The van der Waals surface area contributed by atoms with Crippen LogP contribution in [0.1, 0.15) is 12.8 Å². The van der Waals surface area contributed by atoms with E-state index in [0.29, 0.717) is 0 Å². The minimum atomic E-state index is -6.92. The van der Waals surface area contributed by atoms with Gasteiger partial charge in [-0.3, -0.25) is 0 Å². The van der Waals surface area contributed by atoms with Crippen molar-refractivity contribution in [1.29, 1.82) is 0 Å². The highest BCUT2D eigenvalue weighted by molar-refractivity contribution is 7.86. The van der Waals surface area contributed by atoms with Crippen molar-refractivity contribution >= 4 is 10.1 Å². The van der Waals surface area contributed by atoms with Crippen LogP contribution in [0, 0.1) is 17.8 Å². The van der Waals surface area contributed by atoms with Gasteiger partial charge in [0, 0.05) is 5.92 Å². The fourth-order valence-electron chi connectivity index (χ4n) is 2.78. The lowest BCUT2D eigenvalue weighted by atomic mass is 9.84. The smallest absolute Gasteiger partial charge is 0.402 e. The van der Waals surface area contributed by atoms with Crippen LogP contribution in [0.4, 0.5) is 26.3 Å². The summed E-state index contributed by atoms with van der Waals surface area (Å²) >= 11 is 0. The Hall–Kier alpha value is -0.770. The lowest BCUT2D eigenvalue weighted by Crippen LogP contribution is -2.60. The summed E-state index contributed by atoms with van der Waals surface area (Å²) in [6, 6.07) is 0.